The average molecular weight is 289 g/mol. The van der Waals surface area contributed by atoms with Crippen LogP contribution >= 0.6 is 11.6 Å². The van der Waals surface area contributed by atoms with Gasteiger partial charge in [0, 0.05) is 0 Å². The Balaban J connectivity index is 3.27. The Bertz CT molecular complexity index is 590. The lowest BCUT2D eigenvalue weighted by Crippen LogP contribution is -2.10. The topological polar surface area (TPSA) is 71.4 Å². The molecule has 1 aromatic rings. The SMILES string of the molecule is C=C(CC)CS(=O)(=O)c1cc(C(=O)O)ccc1Cl. The molecule has 0 atom stereocenters. The first-order valence-electron chi connectivity index (χ1n) is 5.20. The third kappa shape index (κ3) is 3.34. The van der Waals surface area contributed by atoms with Gasteiger partial charge in [0.2, 0.25) is 0 Å². The normalized spacial score (nSPS) is 11.2. The van der Waals surface area contributed by atoms with E-state index in [1.807, 2.05) is 0 Å². The number of hydrogen-bond donors (Lipinski definition) is 1. The maximum atomic E-state index is 12.1. The van der Waals surface area contributed by atoms with Crippen LogP contribution in [0.2, 0.25) is 5.02 Å². The van der Waals surface area contributed by atoms with Crippen LogP contribution < -0.4 is 0 Å². The number of halogens is 1. The van der Waals surface area contributed by atoms with Crippen LogP contribution in [0.4, 0.5) is 0 Å². The lowest BCUT2D eigenvalue weighted by molar-refractivity contribution is 0.0696. The van der Waals surface area contributed by atoms with E-state index in [0.717, 1.165) is 6.07 Å². The monoisotopic (exact) mass is 288 g/mol. The predicted octanol–water partition coefficient (Wildman–Crippen LogP) is 2.78. The van der Waals surface area contributed by atoms with Gasteiger partial charge in [-0.15, -0.1) is 0 Å². The lowest BCUT2D eigenvalue weighted by atomic mass is 10.2. The zero-order valence-electron chi connectivity index (χ0n) is 9.81. The number of sulfone groups is 1. The first-order chi connectivity index (χ1) is 8.27. The molecule has 0 heterocycles. The van der Waals surface area contributed by atoms with Crippen molar-refractivity contribution in [1.82, 2.24) is 0 Å². The van der Waals surface area contributed by atoms with Crippen molar-refractivity contribution in [2.75, 3.05) is 5.75 Å². The second kappa shape index (κ2) is 5.54. The summed E-state index contributed by atoms with van der Waals surface area (Å²) in [5, 5.41) is 8.86. The highest BCUT2D eigenvalue weighted by molar-refractivity contribution is 7.91. The van der Waals surface area contributed by atoms with Gasteiger partial charge in [-0.3, -0.25) is 0 Å². The molecule has 0 aliphatic heterocycles. The number of aromatic carboxylic acids is 1. The predicted molar refractivity (Wildman–Crippen MR) is 69.9 cm³/mol. The largest absolute Gasteiger partial charge is 0.478 e. The van der Waals surface area contributed by atoms with Crippen LogP contribution in [0.1, 0.15) is 23.7 Å². The zero-order chi connectivity index (χ0) is 13.9. The minimum atomic E-state index is -3.65. The fraction of sp³-hybridized carbons (Fsp3) is 0.250. The van der Waals surface area contributed by atoms with Crippen molar-refractivity contribution >= 4 is 27.4 Å². The highest BCUT2D eigenvalue weighted by atomic mass is 35.5. The Labute approximate surface area is 111 Å². The quantitative estimate of drug-likeness (QED) is 0.846. The Morgan fingerprint density at radius 2 is 2.06 bits per heavy atom. The van der Waals surface area contributed by atoms with E-state index < -0.39 is 15.8 Å². The van der Waals surface area contributed by atoms with Gasteiger partial charge >= 0.3 is 5.97 Å². The van der Waals surface area contributed by atoms with Crippen LogP contribution in [0.5, 0.6) is 0 Å². The molecular weight excluding hydrogens is 276 g/mol. The summed E-state index contributed by atoms with van der Waals surface area (Å²) < 4.78 is 24.1. The summed E-state index contributed by atoms with van der Waals surface area (Å²) in [5.74, 6) is -1.43. The van der Waals surface area contributed by atoms with Crippen molar-refractivity contribution in [3.05, 3.63) is 40.9 Å². The van der Waals surface area contributed by atoms with Crippen LogP contribution in [0, 0.1) is 0 Å². The molecule has 4 nitrogen and oxygen atoms in total. The van der Waals surface area contributed by atoms with Gasteiger partial charge in [-0.2, -0.15) is 0 Å². The van der Waals surface area contributed by atoms with E-state index in [0.29, 0.717) is 12.0 Å². The van der Waals surface area contributed by atoms with Gasteiger partial charge in [0.15, 0.2) is 9.84 Å². The lowest BCUT2D eigenvalue weighted by Gasteiger charge is -2.08. The van der Waals surface area contributed by atoms with Crippen LogP contribution in [-0.4, -0.2) is 25.2 Å². The van der Waals surface area contributed by atoms with Gasteiger partial charge in [0.25, 0.3) is 0 Å². The van der Waals surface area contributed by atoms with Crippen molar-refractivity contribution in [3.63, 3.8) is 0 Å². The molecule has 0 unspecified atom stereocenters. The molecule has 0 saturated carbocycles. The minimum Gasteiger partial charge on any atom is -0.478 e. The van der Waals surface area contributed by atoms with Gasteiger partial charge in [-0.25, -0.2) is 13.2 Å². The molecular formula is C12H13ClO4S. The molecule has 0 saturated heterocycles. The summed E-state index contributed by atoms with van der Waals surface area (Å²) in [6, 6.07) is 3.61. The zero-order valence-corrected chi connectivity index (χ0v) is 11.4. The molecule has 0 radical (unpaired) electrons. The molecule has 98 valence electrons. The fourth-order valence-corrected chi connectivity index (χ4v) is 3.36. The van der Waals surface area contributed by atoms with Crippen LogP contribution in [0.15, 0.2) is 35.2 Å². The molecule has 0 bridgehead atoms. The molecule has 0 aromatic heterocycles. The summed E-state index contributed by atoms with van der Waals surface area (Å²) >= 11 is 5.81. The maximum absolute atomic E-state index is 12.1. The number of benzene rings is 1. The highest BCUT2D eigenvalue weighted by Crippen LogP contribution is 2.25. The molecule has 1 aromatic carbocycles. The van der Waals surface area contributed by atoms with E-state index in [2.05, 4.69) is 6.58 Å². The van der Waals surface area contributed by atoms with Crippen LogP contribution in [-0.2, 0) is 9.84 Å². The number of hydrogen-bond acceptors (Lipinski definition) is 3. The molecule has 1 rings (SSSR count). The number of carboxylic acids is 1. The van der Waals surface area contributed by atoms with Gasteiger partial charge < -0.3 is 5.11 Å². The molecule has 1 N–H and O–H groups in total. The standard InChI is InChI=1S/C12H13ClO4S/c1-3-8(2)7-18(16,17)11-6-9(12(14)15)4-5-10(11)13/h4-6H,2-3,7H2,1H3,(H,14,15). The van der Waals surface area contributed by atoms with Gasteiger partial charge in [0.05, 0.1) is 21.2 Å². The van der Waals surface area contributed by atoms with Gasteiger partial charge in [0.1, 0.15) is 0 Å². The number of carbonyl (C=O) groups is 1. The smallest absolute Gasteiger partial charge is 0.335 e. The first-order valence-corrected chi connectivity index (χ1v) is 7.23. The molecule has 0 aliphatic rings. The van der Waals surface area contributed by atoms with Crippen LogP contribution in [0.25, 0.3) is 0 Å². The Morgan fingerprint density at radius 3 is 2.56 bits per heavy atom. The minimum absolute atomic E-state index is 0.0175. The van der Waals surface area contributed by atoms with Crippen molar-refractivity contribution in [1.29, 1.82) is 0 Å². The Kier molecular flexibility index (Phi) is 4.53. The molecule has 0 aliphatic carbocycles. The van der Waals surface area contributed by atoms with Crippen LogP contribution in [0.3, 0.4) is 0 Å². The average Bonchev–Trinajstić information content (AvgIpc) is 2.28. The van der Waals surface area contributed by atoms with Crippen molar-refractivity contribution in [2.45, 2.75) is 18.2 Å². The van der Waals surface area contributed by atoms with E-state index in [1.165, 1.54) is 12.1 Å². The van der Waals surface area contributed by atoms with Gasteiger partial charge in [-0.05, 0) is 24.6 Å². The summed E-state index contributed by atoms with van der Waals surface area (Å²) in [4.78, 5) is 10.6. The third-order valence-electron chi connectivity index (χ3n) is 2.41. The van der Waals surface area contributed by atoms with E-state index in [-0.39, 0.29) is 21.2 Å². The van der Waals surface area contributed by atoms with Crippen molar-refractivity contribution in [3.8, 4) is 0 Å². The first kappa shape index (κ1) is 14.7. The van der Waals surface area contributed by atoms with Crippen molar-refractivity contribution < 1.29 is 18.3 Å². The van der Waals surface area contributed by atoms with E-state index in [4.69, 9.17) is 16.7 Å². The van der Waals surface area contributed by atoms with E-state index in [9.17, 15) is 13.2 Å². The Morgan fingerprint density at radius 1 is 1.44 bits per heavy atom. The molecule has 0 spiro atoms. The summed E-state index contributed by atoms with van der Waals surface area (Å²) in [7, 11) is -3.65. The fourth-order valence-electron chi connectivity index (χ4n) is 1.32. The highest BCUT2D eigenvalue weighted by Gasteiger charge is 2.20. The number of carboxylic acid groups (broad SMARTS) is 1. The molecule has 6 heteroatoms. The van der Waals surface area contributed by atoms with Gasteiger partial charge in [-0.1, -0.05) is 30.7 Å². The van der Waals surface area contributed by atoms with Crippen molar-refractivity contribution in [2.24, 2.45) is 0 Å². The summed E-state index contributed by atoms with van der Waals surface area (Å²) in [6.07, 6.45) is 0.537. The Hall–Kier alpha value is -1.33. The molecule has 18 heavy (non-hydrogen) atoms. The second-order valence-electron chi connectivity index (χ2n) is 3.81. The number of rotatable bonds is 5. The third-order valence-corrected chi connectivity index (χ3v) is 4.65. The molecule has 0 amide bonds. The van der Waals surface area contributed by atoms with E-state index >= 15 is 0 Å². The summed E-state index contributed by atoms with van der Waals surface area (Å²) in [6.45, 7) is 5.43. The summed E-state index contributed by atoms with van der Waals surface area (Å²) in [5.41, 5.74) is 0.437. The molecule has 0 fully saturated rings. The van der Waals surface area contributed by atoms with E-state index in [1.54, 1.807) is 6.92 Å². The second-order valence-corrected chi connectivity index (χ2v) is 6.18. The maximum Gasteiger partial charge on any atom is 0.335 e.